The molecule has 5 rings (SSSR count). The molecule has 0 unspecified atom stereocenters. The summed E-state index contributed by atoms with van der Waals surface area (Å²) in [6.45, 7) is 1.75. The van der Waals surface area contributed by atoms with E-state index in [0.717, 1.165) is 24.9 Å². The number of hydrogen-bond acceptors (Lipinski definition) is 5. The second-order valence-electron chi connectivity index (χ2n) is 8.65. The van der Waals surface area contributed by atoms with Gasteiger partial charge < -0.3 is 10.2 Å². The maximum absolute atomic E-state index is 13.1. The first-order chi connectivity index (χ1) is 16.9. The van der Waals surface area contributed by atoms with E-state index in [1.165, 1.54) is 34.4 Å². The summed E-state index contributed by atoms with van der Waals surface area (Å²) in [7, 11) is 0. The molecule has 35 heavy (non-hydrogen) atoms. The monoisotopic (exact) mass is 468 g/mol. The van der Waals surface area contributed by atoms with Gasteiger partial charge in [0.1, 0.15) is 5.69 Å². The van der Waals surface area contributed by atoms with Crippen molar-refractivity contribution in [2.75, 3.05) is 0 Å². The van der Waals surface area contributed by atoms with Crippen LogP contribution in [0.25, 0.3) is 16.8 Å². The molecular formula is C27H24N4O4. The number of carboxylic acid groups (broad SMARTS) is 1. The summed E-state index contributed by atoms with van der Waals surface area (Å²) in [5.74, 6) is -1.21. The summed E-state index contributed by atoms with van der Waals surface area (Å²) in [6.07, 6.45) is 4.42. The van der Waals surface area contributed by atoms with E-state index in [0.29, 0.717) is 16.8 Å². The molecule has 0 atom stereocenters. The van der Waals surface area contributed by atoms with E-state index in [1.807, 2.05) is 12.1 Å². The number of azo groups is 1. The van der Waals surface area contributed by atoms with Crippen LogP contribution in [0.5, 0.6) is 5.75 Å². The molecule has 176 valence electrons. The number of phenols is 1. The lowest BCUT2D eigenvalue weighted by Gasteiger charge is -2.16. The Hall–Kier alpha value is -4.46. The Morgan fingerprint density at radius 2 is 1.74 bits per heavy atom. The first kappa shape index (κ1) is 22.3. The van der Waals surface area contributed by atoms with Gasteiger partial charge in [0.15, 0.2) is 11.4 Å². The highest BCUT2D eigenvalue weighted by molar-refractivity contribution is 5.90. The Morgan fingerprint density at radius 3 is 2.54 bits per heavy atom. The molecule has 1 aliphatic rings. The van der Waals surface area contributed by atoms with Crippen molar-refractivity contribution >= 4 is 17.3 Å². The number of benzene rings is 3. The molecule has 0 saturated carbocycles. The fourth-order valence-electron chi connectivity index (χ4n) is 4.46. The Labute approximate surface area is 201 Å². The van der Waals surface area contributed by atoms with Crippen LogP contribution in [0.3, 0.4) is 0 Å². The number of carbonyl (C=O) groups is 1. The van der Waals surface area contributed by atoms with Crippen molar-refractivity contribution in [3.63, 3.8) is 0 Å². The lowest BCUT2D eigenvalue weighted by atomic mass is 9.91. The summed E-state index contributed by atoms with van der Waals surface area (Å²) < 4.78 is 1.46. The van der Waals surface area contributed by atoms with Crippen molar-refractivity contribution in [2.45, 2.75) is 32.6 Å². The van der Waals surface area contributed by atoms with E-state index >= 15 is 0 Å². The minimum atomic E-state index is -1.06. The first-order valence-electron chi connectivity index (χ1n) is 11.4. The van der Waals surface area contributed by atoms with Crippen molar-refractivity contribution < 1.29 is 15.0 Å². The van der Waals surface area contributed by atoms with Crippen molar-refractivity contribution in [1.29, 1.82) is 0 Å². The molecule has 0 aliphatic heterocycles. The van der Waals surface area contributed by atoms with E-state index in [4.69, 9.17) is 0 Å². The summed E-state index contributed by atoms with van der Waals surface area (Å²) in [4.78, 5) is 24.4. The molecule has 4 aromatic rings. The van der Waals surface area contributed by atoms with Gasteiger partial charge >= 0.3 is 5.97 Å². The standard InChI is InChI=1S/C27H24N4O4/c1-16-24(26(33)31(30-16)21-13-12-17-6-2-3-7-18(17)15-21)29-28-23-11-5-10-22(25(23)32)19-8-4-9-20(14-19)27(34)35/h4-5,8-15,30,32H,2-3,6-7H2,1H3,(H,34,35). The van der Waals surface area contributed by atoms with Crippen molar-refractivity contribution in [3.05, 3.63) is 93.4 Å². The smallest absolute Gasteiger partial charge is 0.335 e. The quantitative estimate of drug-likeness (QED) is 0.319. The molecule has 8 nitrogen and oxygen atoms in total. The molecule has 1 aliphatic carbocycles. The molecule has 0 bridgehead atoms. The van der Waals surface area contributed by atoms with Crippen LogP contribution in [0.4, 0.5) is 11.4 Å². The highest BCUT2D eigenvalue weighted by Crippen LogP contribution is 2.38. The van der Waals surface area contributed by atoms with Gasteiger partial charge in [-0.1, -0.05) is 30.3 Å². The molecule has 3 aromatic carbocycles. The van der Waals surface area contributed by atoms with Crippen molar-refractivity contribution in [2.24, 2.45) is 10.2 Å². The summed E-state index contributed by atoms with van der Waals surface area (Å²) >= 11 is 0. The second-order valence-corrected chi connectivity index (χ2v) is 8.65. The number of hydrogen-bond donors (Lipinski definition) is 3. The van der Waals surface area contributed by atoms with Crippen molar-refractivity contribution in [1.82, 2.24) is 9.78 Å². The van der Waals surface area contributed by atoms with Gasteiger partial charge in [-0.3, -0.25) is 9.89 Å². The summed E-state index contributed by atoms with van der Waals surface area (Å²) in [6, 6.07) is 17.3. The SMILES string of the molecule is Cc1[nH]n(-c2ccc3c(c2)CCCC3)c(=O)c1N=Nc1cccc(-c2cccc(C(=O)O)c2)c1O. The topological polar surface area (TPSA) is 120 Å². The molecule has 8 heteroatoms. The zero-order chi connectivity index (χ0) is 24.5. The van der Waals surface area contributed by atoms with Crippen LogP contribution in [0.1, 0.15) is 40.0 Å². The third-order valence-corrected chi connectivity index (χ3v) is 6.32. The maximum Gasteiger partial charge on any atom is 0.335 e. The van der Waals surface area contributed by atoms with Gasteiger partial charge in [-0.05, 0) is 79.6 Å². The van der Waals surface area contributed by atoms with E-state index < -0.39 is 5.97 Å². The molecule has 0 fully saturated rings. The van der Waals surface area contributed by atoms with E-state index in [9.17, 15) is 19.8 Å². The van der Waals surface area contributed by atoms with Crippen molar-refractivity contribution in [3.8, 4) is 22.6 Å². The minimum absolute atomic E-state index is 0.111. The predicted octanol–water partition coefficient (Wildman–Crippen LogP) is 5.84. The Balaban J connectivity index is 1.48. The number of nitrogens with one attached hydrogen (secondary N) is 1. The Bertz CT molecular complexity index is 1530. The van der Waals surface area contributed by atoms with Crippen LogP contribution in [-0.4, -0.2) is 26.0 Å². The number of nitrogens with zero attached hydrogens (tertiary/aromatic N) is 3. The van der Waals surface area contributed by atoms with Gasteiger partial charge in [0.25, 0.3) is 5.56 Å². The number of fused-ring (bicyclic) bond motifs is 1. The number of rotatable bonds is 5. The van der Waals surface area contributed by atoms with E-state index in [-0.39, 0.29) is 28.2 Å². The molecule has 3 N–H and O–H groups in total. The molecular weight excluding hydrogens is 444 g/mol. The van der Waals surface area contributed by atoms with Gasteiger partial charge in [-0.25, -0.2) is 9.48 Å². The number of aromatic carboxylic acids is 1. The number of aromatic amines is 1. The van der Waals surface area contributed by atoms with Crippen LogP contribution >= 0.6 is 0 Å². The number of para-hydroxylation sites is 1. The molecule has 1 aromatic heterocycles. The van der Waals surface area contributed by atoms with Gasteiger partial charge in [-0.2, -0.15) is 0 Å². The normalized spacial score (nSPS) is 13.2. The number of aromatic hydroxyl groups is 1. The average Bonchev–Trinajstić information content (AvgIpc) is 3.16. The number of H-pyrrole nitrogens is 1. The number of carboxylic acids is 1. The maximum atomic E-state index is 13.1. The molecule has 0 spiro atoms. The van der Waals surface area contributed by atoms with Gasteiger partial charge in [0, 0.05) is 5.56 Å². The van der Waals surface area contributed by atoms with Crippen LogP contribution < -0.4 is 5.56 Å². The Morgan fingerprint density at radius 1 is 0.971 bits per heavy atom. The average molecular weight is 469 g/mol. The van der Waals surface area contributed by atoms with E-state index in [2.05, 4.69) is 21.4 Å². The predicted molar refractivity (Wildman–Crippen MR) is 132 cm³/mol. The molecule has 1 heterocycles. The van der Waals surface area contributed by atoms with Gasteiger partial charge in [0.05, 0.1) is 16.9 Å². The zero-order valence-corrected chi connectivity index (χ0v) is 19.2. The van der Waals surface area contributed by atoms with Crippen LogP contribution in [0.2, 0.25) is 0 Å². The molecule has 0 saturated heterocycles. The lowest BCUT2D eigenvalue weighted by molar-refractivity contribution is 0.0697. The zero-order valence-electron chi connectivity index (χ0n) is 19.2. The molecule has 0 radical (unpaired) electrons. The highest BCUT2D eigenvalue weighted by Gasteiger charge is 2.16. The third-order valence-electron chi connectivity index (χ3n) is 6.32. The van der Waals surface area contributed by atoms with Crippen LogP contribution in [0, 0.1) is 6.92 Å². The summed E-state index contributed by atoms with van der Waals surface area (Å²) in [5.41, 5.74) is 4.97. The Kier molecular flexibility index (Phi) is 5.78. The first-order valence-corrected chi connectivity index (χ1v) is 11.4. The largest absolute Gasteiger partial charge is 0.505 e. The molecule has 0 amide bonds. The van der Waals surface area contributed by atoms with E-state index in [1.54, 1.807) is 37.3 Å². The fraction of sp³-hybridized carbons (Fsp3) is 0.185. The fourth-order valence-corrected chi connectivity index (χ4v) is 4.46. The number of aryl methyl sites for hydroxylation is 3. The second kappa shape index (κ2) is 9.06. The van der Waals surface area contributed by atoms with Crippen LogP contribution in [-0.2, 0) is 12.8 Å². The van der Waals surface area contributed by atoms with Gasteiger partial charge in [-0.15, -0.1) is 10.2 Å². The highest BCUT2D eigenvalue weighted by atomic mass is 16.4. The van der Waals surface area contributed by atoms with Crippen LogP contribution in [0.15, 0.2) is 75.7 Å². The summed E-state index contributed by atoms with van der Waals surface area (Å²) in [5, 5.41) is 31.4. The third kappa shape index (κ3) is 4.26. The lowest BCUT2D eigenvalue weighted by Crippen LogP contribution is -2.15. The van der Waals surface area contributed by atoms with Gasteiger partial charge in [0.2, 0.25) is 0 Å². The number of phenolic OH excluding ortho intramolecular Hbond substituents is 1. The minimum Gasteiger partial charge on any atom is -0.505 e. The number of aromatic nitrogens is 2.